The Morgan fingerprint density at radius 2 is 1.68 bits per heavy atom. The number of aryl methyl sites for hydroxylation is 1. The number of hydrogen-bond donors (Lipinski definition) is 2. The van der Waals surface area contributed by atoms with Crippen molar-refractivity contribution in [2.24, 2.45) is 0 Å². The zero-order valence-electron chi connectivity index (χ0n) is 20.6. The lowest BCUT2D eigenvalue weighted by Gasteiger charge is -2.28. The normalized spacial score (nSPS) is 15.6. The number of anilines is 4. The second kappa shape index (κ2) is 9.17. The van der Waals surface area contributed by atoms with E-state index >= 15 is 0 Å². The lowest BCUT2D eigenvalue weighted by Crippen LogP contribution is -2.21. The van der Waals surface area contributed by atoms with Gasteiger partial charge < -0.3 is 15.5 Å². The molecule has 5 rings (SSSR count). The molecule has 0 aromatic heterocycles. The van der Waals surface area contributed by atoms with Gasteiger partial charge in [-0.3, -0.25) is 4.79 Å². The van der Waals surface area contributed by atoms with Crippen LogP contribution in [0.25, 0.3) is 0 Å². The Kier molecular flexibility index (Phi) is 6.07. The van der Waals surface area contributed by atoms with Gasteiger partial charge in [0, 0.05) is 30.0 Å². The third-order valence-electron chi connectivity index (χ3n) is 7.08. The SMILES string of the molecule is CC(C)(C)c1ccccc1C(=O)Nc1ccc(N2CCCNc3c2ccc2c3CCCC2)cc1. The van der Waals surface area contributed by atoms with Crippen molar-refractivity contribution in [1.29, 1.82) is 0 Å². The highest BCUT2D eigenvalue weighted by Gasteiger charge is 2.23. The van der Waals surface area contributed by atoms with Crippen LogP contribution in [0.3, 0.4) is 0 Å². The molecule has 0 bridgehead atoms. The van der Waals surface area contributed by atoms with E-state index in [4.69, 9.17) is 0 Å². The largest absolute Gasteiger partial charge is 0.383 e. The third kappa shape index (κ3) is 4.42. The highest BCUT2D eigenvalue weighted by Crippen LogP contribution is 2.40. The molecule has 4 heteroatoms. The zero-order valence-corrected chi connectivity index (χ0v) is 20.6. The molecule has 0 fully saturated rings. The molecule has 2 aliphatic rings. The first kappa shape index (κ1) is 22.5. The minimum absolute atomic E-state index is 0.0609. The number of benzene rings is 3. The summed E-state index contributed by atoms with van der Waals surface area (Å²) in [6, 6.07) is 20.8. The summed E-state index contributed by atoms with van der Waals surface area (Å²) >= 11 is 0. The monoisotopic (exact) mass is 453 g/mol. The van der Waals surface area contributed by atoms with Crippen molar-refractivity contribution in [3.63, 3.8) is 0 Å². The maximum atomic E-state index is 13.1. The van der Waals surface area contributed by atoms with Crippen LogP contribution in [-0.4, -0.2) is 19.0 Å². The number of amides is 1. The summed E-state index contributed by atoms with van der Waals surface area (Å²) in [4.78, 5) is 15.5. The van der Waals surface area contributed by atoms with Gasteiger partial charge in [-0.05, 0) is 90.6 Å². The Morgan fingerprint density at radius 3 is 2.47 bits per heavy atom. The molecule has 1 amide bonds. The van der Waals surface area contributed by atoms with E-state index in [2.05, 4.69) is 60.6 Å². The van der Waals surface area contributed by atoms with Crippen LogP contribution in [-0.2, 0) is 18.3 Å². The first-order chi connectivity index (χ1) is 16.4. The zero-order chi connectivity index (χ0) is 23.7. The summed E-state index contributed by atoms with van der Waals surface area (Å²) in [6.45, 7) is 8.39. The van der Waals surface area contributed by atoms with Crippen molar-refractivity contribution < 1.29 is 4.79 Å². The van der Waals surface area contributed by atoms with E-state index in [9.17, 15) is 4.79 Å². The number of rotatable bonds is 3. The van der Waals surface area contributed by atoms with E-state index in [1.54, 1.807) is 0 Å². The molecule has 0 radical (unpaired) electrons. The fraction of sp³-hybridized carbons (Fsp3) is 0.367. The molecule has 4 nitrogen and oxygen atoms in total. The lowest BCUT2D eigenvalue weighted by atomic mass is 9.83. The summed E-state index contributed by atoms with van der Waals surface area (Å²) in [5.41, 5.74) is 9.29. The van der Waals surface area contributed by atoms with Crippen LogP contribution in [0.2, 0.25) is 0 Å². The molecule has 0 atom stereocenters. The minimum Gasteiger partial charge on any atom is -0.383 e. The maximum Gasteiger partial charge on any atom is 0.255 e. The molecule has 2 N–H and O–H groups in total. The first-order valence-corrected chi connectivity index (χ1v) is 12.6. The highest BCUT2D eigenvalue weighted by molar-refractivity contribution is 6.05. The van der Waals surface area contributed by atoms with Crippen LogP contribution in [0.1, 0.15) is 67.1 Å². The molecule has 0 saturated heterocycles. The number of hydrogen-bond acceptors (Lipinski definition) is 3. The van der Waals surface area contributed by atoms with Gasteiger partial charge in [0.25, 0.3) is 5.91 Å². The van der Waals surface area contributed by atoms with E-state index in [0.29, 0.717) is 0 Å². The van der Waals surface area contributed by atoms with Gasteiger partial charge in [-0.2, -0.15) is 0 Å². The Morgan fingerprint density at radius 1 is 0.912 bits per heavy atom. The van der Waals surface area contributed by atoms with Crippen LogP contribution >= 0.6 is 0 Å². The van der Waals surface area contributed by atoms with Crippen LogP contribution in [0.5, 0.6) is 0 Å². The van der Waals surface area contributed by atoms with Crippen molar-refractivity contribution >= 4 is 28.7 Å². The molecule has 1 aliphatic heterocycles. The Labute approximate surface area is 203 Å². The van der Waals surface area contributed by atoms with Crippen molar-refractivity contribution in [3.05, 3.63) is 82.9 Å². The van der Waals surface area contributed by atoms with E-state index < -0.39 is 0 Å². The minimum atomic E-state index is -0.0921. The number of carbonyl (C=O) groups excluding carboxylic acids is 1. The van der Waals surface area contributed by atoms with Crippen molar-refractivity contribution in [3.8, 4) is 0 Å². The fourth-order valence-corrected chi connectivity index (χ4v) is 5.34. The predicted molar refractivity (Wildman–Crippen MR) is 143 cm³/mol. The van der Waals surface area contributed by atoms with E-state index in [-0.39, 0.29) is 11.3 Å². The fourth-order valence-electron chi connectivity index (χ4n) is 5.34. The van der Waals surface area contributed by atoms with Crippen LogP contribution in [0.4, 0.5) is 22.7 Å². The van der Waals surface area contributed by atoms with Crippen LogP contribution in [0, 0.1) is 0 Å². The molecule has 3 aromatic rings. The smallest absolute Gasteiger partial charge is 0.255 e. The molecule has 34 heavy (non-hydrogen) atoms. The Bertz CT molecular complexity index is 1190. The number of nitrogens with one attached hydrogen (secondary N) is 2. The predicted octanol–water partition coefficient (Wildman–Crippen LogP) is 7.07. The molecule has 0 unspecified atom stereocenters. The average Bonchev–Trinajstić information content (AvgIpc) is 3.07. The van der Waals surface area contributed by atoms with Crippen molar-refractivity contribution in [2.75, 3.05) is 28.6 Å². The first-order valence-electron chi connectivity index (χ1n) is 12.6. The Balaban J connectivity index is 1.39. The average molecular weight is 454 g/mol. The molecule has 0 saturated carbocycles. The van der Waals surface area contributed by atoms with Crippen LogP contribution < -0.4 is 15.5 Å². The van der Waals surface area contributed by atoms with Crippen LogP contribution in [0.15, 0.2) is 60.7 Å². The van der Waals surface area contributed by atoms with Gasteiger partial charge in [-0.1, -0.05) is 45.0 Å². The highest BCUT2D eigenvalue weighted by atomic mass is 16.1. The topological polar surface area (TPSA) is 44.4 Å². The second-order valence-corrected chi connectivity index (χ2v) is 10.5. The van der Waals surface area contributed by atoms with Crippen molar-refractivity contribution in [2.45, 2.75) is 58.3 Å². The summed E-state index contributed by atoms with van der Waals surface area (Å²) < 4.78 is 0. The summed E-state index contributed by atoms with van der Waals surface area (Å²) in [5.74, 6) is -0.0609. The molecule has 1 aliphatic carbocycles. The molecular weight excluding hydrogens is 418 g/mol. The van der Waals surface area contributed by atoms with Gasteiger partial charge in [-0.15, -0.1) is 0 Å². The standard InChI is InChI=1S/C30H35N3O/c1-30(2,3)26-12-7-6-11-25(26)29(34)32-22-14-16-23(17-15-22)33-20-8-19-31-28-24-10-5-4-9-21(24)13-18-27(28)33/h6-7,11-18,31H,4-5,8-10,19-20H2,1-3H3,(H,32,34). The second-order valence-electron chi connectivity index (χ2n) is 10.5. The maximum absolute atomic E-state index is 13.1. The molecular formula is C30H35N3O. The number of carbonyl (C=O) groups is 1. The third-order valence-corrected chi connectivity index (χ3v) is 7.08. The lowest BCUT2D eigenvalue weighted by molar-refractivity contribution is 0.102. The summed E-state index contributed by atoms with van der Waals surface area (Å²) in [6.07, 6.45) is 6.02. The molecule has 3 aromatic carbocycles. The Hall–Kier alpha value is -3.27. The van der Waals surface area contributed by atoms with Gasteiger partial charge in [-0.25, -0.2) is 0 Å². The molecule has 0 spiro atoms. The van der Waals surface area contributed by atoms with Crippen molar-refractivity contribution in [1.82, 2.24) is 0 Å². The molecule has 1 heterocycles. The molecule has 176 valence electrons. The van der Waals surface area contributed by atoms with Gasteiger partial charge >= 0.3 is 0 Å². The van der Waals surface area contributed by atoms with E-state index in [1.807, 2.05) is 36.4 Å². The number of nitrogens with zero attached hydrogens (tertiary/aromatic N) is 1. The summed E-state index contributed by atoms with van der Waals surface area (Å²) in [5, 5.41) is 6.83. The quantitative estimate of drug-likeness (QED) is 0.446. The van der Waals surface area contributed by atoms with E-state index in [1.165, 1.54) is 48.2 Å². The van der Waals surface area contributed by atoms with Gasteiger partial charge in [0.15, 0.2) is 0 Å². The van der Waals surface area contributed by atoms with Gasteiger partial charge in [0.05, 0.1) is 11.4 Å². The summed E-state index contributed by atoms with van der Waals surface area (Å²) in [7, 11) is 0. The van der Waals surface area contributed by atoms with E-state index in [0.717, 1.165) is 42.0 Å². The van der Waals surface area contributed by atoms with Gasteiger partial charge in [0.2, 0.25) is 0 Å². The van der Waals surface area contributed by atoms with Gasteiger partial charge in [0.1, 0.15) is 0 Å². The number of fused-ring (bicyclic) bond motifs is 3.